The van der Waals surface area contributed by atoms with E-state index in [1.54, 1.807) is 0 Å². The van der Waals surface area contributed by atoms with Crippen molar-refractivity contribution in [1.82, 2.24) is 10.2 Å². The van der Waals surface area contributed by atoms with Gasteiger partial charge in [-0.25, -0.2) is 4.79 Å². The maximum absolute atomic E-state index is 12.1. The molecule has 1 aromatic rings. The predicted molar refractivity (Wildman–Crippen MR) is 89.2 cm³/mol. The molecule has 23 heavy (non-hydrogen) atoms. The fourth-order valence-electron chi connectivity index (χ4n) is 4.21. The molecule has 3 atom stereocenters. The molecule has 124 valence electrons. The smallest absolute Gasteiger partial charge is 0.410 e. The second-order valence-electron chi connectivity index (χ2n) is 8.20. The standard InChI is InChI=1S/C19H26N2O2/c1-19(2,3)23-18(22)21-10-14-15(11-21)17(14)20-16-9-8-12-6-4-5-7-13(12)16/h4-7,14-17,20H,8-11H2,1-3H3. The molecule has 4 rings (SSSR count). The number of amides is 1. The summed E-state index contributed by atoms with van der Waals surface area (Å²) in [6, 6.07) is 9.84. The van der Waals surface area contributed by atoms with Crippen molar-refractivity contribution < 1.29 is 9.53 Å². The van der Waals surface area contributed by atoms with Crippen molar-refractivity contribution in [3.05, 3.63) is 35.4 Å². The first kappa shape index (κ1) is 15.0. The van der Waals surface area contributed by atoms with Crippen molar-refractivity contribution in [2.24, 2.45) is 11.8 Å². The Labute approximate surface area is 138 Å². The van der Waals surface area contributed by atoms with Gasteiger partial charge >= 0.3 is 6.09 Å². The van der Waals surface area contributed by atoms with Gasteiger partial charge in [-0.1, -0.05) is 24.3 Å². The third-order valence-electron chi connectivity index (χ3n) is 5.37. The van der Waals surface area contributed by atoms with Gasteiger partial charge in [0.1, 0.15) is 5.60 Å². The highest BCUT2D eigenvalue weighted by Gasteiger charge is 2.57. The van der Waals surface area contributed by atoms with Gasteiger partial charge in [-0.15, -0.1) is 0 Å². The fourth-order valence-corrected chi connectivity index (χ4v) is 4.21. The number of hydrogen-bond acceptors (Lipinski definition) is 3. The Hall–Kier alpha value is -1.55. The Morgan fingerprint density at radius 3 is 2.61 bits per heavy atom. The molecule has 0 spiro atoms. The first-order valence-corrected chi connectivity index (χ1v) is 8.74. The van der Waals surface area contributed by atoms with E-state index in [1.807, 2.05) is 25.7 Å². The van der Waals surface area contributed by atoms with Crippen LogP contribution in [0.4, 0.5) is 4.79 Å². The van der Waals surface area contributed by atoms with Crippen molar-refractivity contribution >= 4 is 6.09 Å². The molecule has 4 heteroatoms. The molecule has 1 aromatic carbocycles. The highest BCUT2D eigenvalue weighted by molar-refractivity contribution is 5.69. The van der Waals surface area contributed by atoms with Crippen LogP contribution in [0.5, 0.6) is 0 Å². The Bertz CT molecular complexity index is 610. The Morgan fingerprint density at radius 1 is 1.22 bits per heavy atom. The number of rotatable bonds is 2. The number of nitrogens with one attached hydrogen (secondary N) is 1. The maximum Gasteiger partial charge on any atom is 0.410 e. The molecule has 1 saturated carbocycles. The number of benzene rings is 1. The molecule has 4 nitrogen and oxygen atoms in total. The molecule has 1 N–H and O–H groups in total. The zero-order valence-corrected chi connectivity index (χ0v) is 14.2. The van der Waals surface area contributed by atoms with E-state index in [-0.39, 0.29) is 6.09 Å². The molecule has 3 unspecified atom stereocenters. The normalized spacial score (nSPS) is 31.7. The monoisotopic (exact) mass is 314 g/mol. The number of fused-ring (bicyclic) bond motifs is 2. The topological polar surface area (TPSA) is 41.6 Å². The third-order valence-corrected chi connectivity index (χ3v) is 5.37. The van der Waals surface area contributed by atoms with Gasteiger partial charge in [0.05, 0.1) is 0 Å². The van der Waals surface area contributed by atoms with Crippen molar-refractivity contribution in [1.29, 1.82) is 0 Å². The van der Waals surface area contributed by atoms with E-state index in [0.29, 0.717) is 23.9 Å². The summed E-state index contributed by atoms with van der Waals surface area (Å²) in [4.78, 5) is 14.0. The van der Waals surface area contributed by atoms with E-state index in [9.17, 15) is 4.79 Å². The zero-order valence-electron chi connectivity index (χ0n) is 14.2. The summed E-state index contributed by atoms with van der Waals surface area (Å²) in [7, 11) is 0. The number of nitrogens with zero attached hydrogens (tertiary/aromatic N) is 1. The number of hydrogen-bond donors (Lipinski definition) is 1. The van der Waals surface area contributed by atoms with E-state index in [1.165, 1.54) is 24.0 Å². The van der Waals surface area contributed by atoms with Gasteiger partial charge in [-0.3, -0.25) is 0 Å². The molecule has 1 amide bonds. The van der Waals surface area contributed by atoms with Crippen LogP contribution in [0, 0.1) is 11.8 Å². The van der Waals surface area contributed by atoms with Gasteiger partial charge in [0, 0.05) is 25.2 Å². The van der Waals surface area contributed by atoms with Crippen LogP contribution in [0.25, 0.3) is 0 Å². The predicted octanol–water partition coefficient (Wildman–Crippen LogP) is 3.13. The second-order valence-corrected chi connectivity index (χ2v) is 8.20. The third kappa shape index (κ3) is 2.85. The molecule has 1 aliphatic heterocycles. The minimum Gasteiger partial charge on any atom is -0.444 e. The number of aryl methyl sites for hydroxylation is 1. The van der Waals surface area contributed by atoms with Crippen molar-refractivity contribution in [3.63, 3.8) is 0 Å². The van der Waals surface area contributed by atoms with Gasteiger partial charge in [0.25, 0.3) is 0 Å². The van der Waals surface area contributed by atoms with E-state index in [4.69, 9.17) is 4.74 Å². The second kappa shape index (κ2) is 5.23. The van der Waals surface area contributed by atoms with Crippen LogP contribution in [0.1, 0.15) is 44.4 Å². The zero-order chi connectivity index (χ0) is 16.2. The van der Waals surface area contributed by atoms with Gasteiger partial charge in [-0.05, 0) is 56.6 Å². The lowest BCUT2D eigenvalue weighted by molar-refractivity contribution is 0.0268. The lowest BCUT2D eigenvalue weighted by Crippen LogP contribution is -2.39. The van der Waals surface area contributed by atoms with Crippen LogP contribution in [0.3, 0.4) is 0 Å². The number of carbonyl (C=O) groups excluding carboxylic acids is 1. The molecular weight excluding hydrogens is 288 g/mol. The maximum atomic E-state index is 12.1. The van der Waals surface area contributed by atoms with Gasteiger partial charge in [0.15, 0.2) is 0 Å². The molecule has 0 radical (unpaired) electrons. The highest BCUT2D eigenvalue weighted by atomic mass is 16.6. The Kier molecular flexibility index (Phi) is 3.41. The van der Waals surface area contributed by atoms with Crippen molar-refractivity contribution in [2.75, 3.05) is 13.1 Å². The van der Waals surface area contributed by atoms with Crippen LogP contribution < -0.4 is 5.32 Å². The molecule has 1 heterocycles. The number of likely N-dealkylation sites (tertiary alicyclic amines) is 1. The Balaban J connectivity index is 1.31. The quantitative estimate of drug-likeness (QED) is 0.912. The summed E-state index contributed by atoms with van der Waals surface area (Å²) in [6.45, 7) is 7.44. The van der Waals surface area contributed by atoms with Crippen LogP contribution in [-0.2, 0) is 11.2 Å². The fraction of sp³-hybridized carbons (Fsp3) is 0.632. The molecular formula is C19H26N2O2. The lowest BCUT2D eigenvalue weighted by Gasteiger charge is -2.26. The molecule has 2 aliphatic carbocycles. The van der Waals surface area contributed by atoms with Crippen LogP contribution >= 0.6 is 0 Å². The minimum atomic E-state index is -0.408. The van der Waals surface area contributed by atoms with E-state index in [2.05, 4.69) is 29.6 Å². The largest absolute Gasteiger partial charge is 0.444 e. The number of carbonyl (C=O) groups is 1. The van der Waals surface area contributed by atoms with Crippen molar-refractivity contribution in [3.8, 4) is 0 Å². The van der Waals surface area contributed by atoms with E-state index < -0.39 is 5.60 Å². The first-order valence-electron chi connectivity index (χ1n) is 8.74. The molecule has 0 aromatic heterocycles. The lowest BCUT2D eigenvalue weighted by atomic mass is 10.1. The van der Waals surface area contributed by atoms with Gasteiger partial charge in [0.2, 0.25) is 0 Å². The summed E-state index contributed by atoms with van der Waals surface area (Å²) < 4.78 is 5.47. The number of piperidine rings is 1. The molecule has 2 fully saturated rings. The average molecular weight is 314 g/mol. The minimum absolute atomic E-state index is 0.158. The van der Waals surface area contributed by atoms with Crippen LogP contribution in [0.15, 0.2) is 24.3 Å². The average Bonchev–Trinajstić information content (AvgIpc) is 2.87. The van der Waals surface area contributed by atoms with Crippen LogP contribution in [0.2, 0.25) is 0 Å². The van der Waals surface area contributed by atoms with Crippen LogP contribution in [-0.4, -0.2) is 35.7 Å². The molecule has 3 aliphatic rings. The first-order chi connectivity index (χ1) is 10.9. The SMILES string of the molecule is CC(C)(C)OC(=O)N1CC2C(C1)C2NC1CCc2ccccc21. The summed E-state index contributed by atoms with van der Waals surface area (Å²) >= 11 is 0. The van der Waals surface area contributed by atoms with Gasteiger partial charge in [-0.2, -0.15) is 0 Å². The summed E-state index contributed by atoms with van der Waals surface area (Å²) in [5, 5.41) is 3.84. The number of ether oxygens (including phenoxy) is 1. The van der Waals surface area contributed by atoms with Crippen molar-refractivity contribution in [2.45, 2.75) is 51.3 Å². The van der Waals surface area contributed by atoms with Gasteiger partial charge < -0.3 is 15.0 Å². The van der Waals surface area contributed by atoms with E-state index >= 15 is 0 Å². The Morgan fingerprint density at radius 2 is 1.91 bits per heavy atom. The summed E-state index contributed by atoms with van der Waals surface area (Å²) in [5.74, 6) is 1.21. The molecule has 1 saturated heterocycles. The summed E-state index contributed by atoms with van der Waals surface area (Å²) in [5.41, 5.74) is 2.56. The van der Waals surface area contributed by atoms with E-state index in [0.717, 1.165) is 13.1 Å². The molecule has 0 bridgehead atoms. The highest BCUT2D eigenvalue weighted by Crippen LogP contribution is 2.47. The summed E-state index contributed by atoms with van der Waals surface area (Å²) in [6.07, 6.45) is 2.22.